The van der Waals surface area contributed by atoms with Crippen LogP contribution in [0.2, 0.25) is 0 Å². The Morgan fingerprint density at radius 2 is 1.91 bits per heavy atom. The van der Waals surface area contributed by atoms with Gasteiger partial charge >= 0.3 is 0 Å². The predicted octanol–water partition coefficient (Wildman–Crippen LogP) is 3.27. The second-order valence-electron chi connectivity index (χ2n) is 7.78. The predicted molar refractivity (Wildman–Crippen MR) is 132 cm³/mol. The van der Waals surface area contributed by atoms with Crippen LogP contribution in [0.4, 0.5) is 11.6 Å². The van der Waals surface area contributed by atoms with E-state index in [1.807, 2.05) is 37.3 Å². The highest BCUT2D eigenvalue weighted by Crippen LogP contribution is 2.31. The minimum absolute atomic E-state index is 0.182. The van der Waals surface area contributed by atoms with Crippen molar-refractivity contribution in [1.29, 1.82) is 0 Å². The Labute approximate surface area is 199 Å². The van der Waals surface area contributed by atoms with Crippen LogP contribution >= 0.6 is 0 Å². The Morgan fingerprint density at radius 3 is 2.63 bits per heavy atom. The van der Waals surface area contributed by atoms with Crippen molar-refractivity contribution < 1.29 is 4.52 Å². The summed E-state index contributed by atoms with van der Waals surface area (Å²) in [6.07, 6.45) is 7.01. The summed E-state index contributed by atoms with van der Waals surface area (Å²) < 4.78 is 6.65. The summed E-state index contributed by atoms with van der Waals surface area (Å²) in [4.78, 5) is 31.2. The number of aromatic nitrogens is 6. The molecule has 2 aromatic carbocycles. The van der Waals surface area contributed by atoms with E-state index in [1.165, 1.54) is 6.33 Å². The number of nitrogens with one attached hydrogen (secondary N) is 1. The standard InChI is InChI=1S/C25H20N8O2/c1-4-16-9-8-12-18-19(16)25(34)33(17-10-6-5-7-11-17)24(31-18)14(2)29-22-20(21(26)27-13-28-22)23-30-15(3)35-32-23/h1,5-14H,2-3H3,(H3,26,27,28,29). The summed E-state index contributed by atoms with van der Waals surface area (Å²) in [5, 5.41) is 7.62. The Balaban J connectivity index is 1.69. The number of para-hydroxylation sites is 1. The minimum atomic E-state index is -0.497. The van der Waals surface area contributed by atoms with E-state index in [0.29, 0.717) is 45.3 Å². The molecule has 172 valence electrons. The number of nitrogen functional groups attached to an aromatic ring is 1. The zero-order valence-electron chi connectivity index (χ0n) is 18.9. The molecule has 10 heteroatoms. The van der Waals surface area contributed by atoms with Gasteiger partial charge in [0.1, 0.15) is 29.4 Å². The molecule has 5 aromatic rings. The molecule has 0 saturated heterocycles. The number of hydrogen-bond acceptors (Lipinski definition) is 9. The molecular weight excluding hydrogens is 444 g/mol. The van der Waals surface area contributed by atoms with Gasteiger partial charge in [-0.25, -0.2) is 15.0 Å². The fourth-order valence-corrected chi connectivity index (χ4v) is 3.88. The zero-order chi connectivity index (χ0) is 24.5. The van der Waals surface area contributed by atoms with E-state index >= 15 is 0 Å². The third-order valence-corrected chi connectivity index (χ3v) is 5.46. The number of anilines is 2. The van der Waals surface area contributed by atoms with Crippen molar-refractivity contribution in [2.45, 2.75) is 19.9 Å². The monoisotopic (exact) mass is 464 g/mol. The first kappa shape index (κ1) is 21.8. The molecule has 3 N–H and O–H groups in total. The van der Waals surface area contributed by atoms with Crippen LogP contribution in [0.1, 0.15) is 30.2 Å². The maximum absolute atomic E-state index is 13.8. The van der Waals surface area contributed by atoms with Gasteiger partial charge in [0.05, 0.1) is 22.6 Å². The molecule has 0 fully saturated rings. The molecule has 0 aliphatic rings. The number of rotatable bonds is 5. The van der Waals surface area contributed by atoms with Gasteiger partial charge in [-0.05, 0) is 31.2 Å². The lowest BCUT2D eigenvalue weighted by Crippen LogP contribution is -2.28. The molecule has 0 radical (unpaired) electrons. The summed E-state index contributed by atoms with van der Waals surface area (Å²) >= 11 is 0. The molecule has 5 rings (SSSR count). The normalized spacial score (nSPS) is 11.8. The van der Waals surface area contributed by atoms with Crippen molar-refractivity contribution in [3.8, 4) is 29.4 Å². The highest BCUT2D eigenvalue weighted by Gasteiger charge is 2.23. The quantitative estimate of drug-likeness (QED) is 0.375. The highest BCUT2D eigenvalue weighted by molar-refractivity contribution is 5.85. The summed E-state index contributed by atoms with van der Waals surface area (Å²) in [6.45, 7) is 3.54. The van der Waals surface area contributed by atoms with E-state index in [2.05, 4.69) is 31.3 Å². The fourth-order valence-electron chi connectivity index (χ4n) is 3.88. The Kier molecular flexibility index (Phi) is 5.43. The smallest absolute Gasteiger partial charge is 0.267 e. The molecule has 35 heavy (non-hydrogen) atoms. The van der Waals surface area contributed by atoms with E-state index in [-0.39, 0.29) is 17.2 Å². The zero-order valence-corrected chi connectivity index (χ0v) is 18.9. The highest BCUT2D eigenvalue weighted by atomic mass is 16.5. The third-order valence-electron chi connectivity index (χ3n) is 5.46. The molecule has 3 heterocycles. The van der Waals surface area contributed by atoms with E-state index in [9.17, 15) is 4.79 Å². The maximum Gasteiger partial charge on any atom is 0.267 e. The average Bonchev–Trinajstić information content (AvgIpc) is 3.29. The van der Waals surface area contributed by atoms with Crippen LogP contribution in [0.5, 0.6) is 0 Å². The third kappa shape index (κ3) is 3.85. The van der Waals surface area contributed by atoms with Crippen LogP contribution in [0.3, 0.4) is 0 Å². The van der Waals surface area contributed by atoms with Crippen molar-refractivity contribution >= 4 is 22.5 Å². The number of terminal acetylenes is 1. The summed E-state index contributed by atoms with van der Waals surface area (Å²) in [5.41, 5.74) is 7.88. The SMILES string of the molecule is C#Cc1cccc2nc(C(C)Nc3ncnc(N)c3-c3noc(C)n3)n(-c3ccccc3)c(=O)c12. The van der Waals surface area contributed by atoms with Crippen LogP contribution in [0, 0.1) is 19.3 Å². The minimum Gasteiger partial charge on any atom is -0.383 e. The molecule has 10 nitrogen and oxygen atoms in total. The number of nitrogens with two attached hydrogens (primary N) is 1. The average molecular weight is 464 g/mol. The van der Waals surface area contributed by atoms with Gasteiger partial charge in [-0.2, -0.15) is 4.98 Å². The topological polar surface area (TPSA) is 138 Å². The maximum atomic E-state index is 13.8. The summed E-state index contributed by atoms with van der Waals surface area (Å²) in [5.74, 6) is 4.22. The van der Waals surface area contributed by atoms with E-state index in [0.717, 1.165) is 0 Å². The van der Waals surface area contributed by atoms with Crippen LogP contribution in [0.15, 0.2) is 64.2 Å². The van der Waals surface area contributed by atoms with Gasteiger partial charge < -0.3 is 15.6 Å². The summed E-state index contributed by atoms with van der Waals surface area (Å²) in [7, 11) is 0. The van der Waals surface area contributed by atoms with Gasteiger partial charge in [0.25, 0.3) is 5.56 Å². The van der Waals surface area contributed by atoms with Gasteiger partial charge in [0.2, 0.25) is 11.7 Å². The molecule has 0 aliphatic heterocycles. The Hall–Kier alpha value is -5.04. The molecular formula is C25H20N8O2. The second-order valence-corrected chi connectivity index (χ2v) is 7.78. The first-order valence-corrected chi connectivity index (χ1v) is 10.7. The van der Waals surface area contributed by atoms with Crippen LogP contribution in [-0.2, 0) is 0 Å². The van der Waals surface area contributed by atoms with Crippen molar-refractivity contribution in [2.75, 3.05) is 11.1 Å². The van der Waals surface area contributed by atoms with Crippen molar-refractivity contribution in [2.24, 2.45) is 0 Å². The number of aryl methyl sites for hydroxylation is 1. The van der Waals surface area contributed by atoms with E-state index in [4.69, 9.17) is 21.7 Å². The molecule has 0 saturated carbocycles. The van der Waals surface area contributed by atoms with Crippen LogP contribution in [-0.4, -0.2) is 29.7 Å². The molecule has 1 atom stereocenters. The van der Waals surface area contributed by atoms with E-state index in [1.54, 1.807) is 29.7 Å². The van der Waals surface area contributed by atoms with Gasteiger partial charge in [0.15, 0.2) is 0 Å². The molecule has 1 unspecified atom stereocenters. The fraction of sp³-hybridized carbons (Fsp3) is 0.120. The number of nitrogens with zero attached hydrogens (tertiary/aromatic N) is 6. The molecule has 0 bridgehead atoms. The molecule has 3 aromatic heterocycles. The molecule has 0 aliphatic carbocycles. The lowest BCUT2D eigenvalue weighted by Gasteiger charge is -2.21. The van der Waals surface area contributed by atoms with Gasteiger partial charge in [-0.1, -0.05) is 35.3 Å². The lowest BCUT2D eigenvalue weighted by atomic mass is 10.1. The van der Waals surface area contributed by atoms with Gasteiger partial charge in [0, 0.05) is 12.5 Å². The Morgan fingerprint density at radius 1 is 1.11 bits per heavy atom. The largest absolute Gasteiger partial charge is 0.383 e. The lowest BCUT2D eigenvalue weighted by molar-refractivity contribution is 0.394. The van der Waals surface area contributed by atoms with Gasteiger partial charge in [-0.3, -0.25) is 9.36 Å². The van der Waals surface area contributed by atoms with Crippen molar-refractivity contribution in [1.82, 2.24) is 29.7 Å². The Bertz CT molecular complexity index is 1650. The van der Waals surface area contributed by atoms with Crippen LogP contribution < -0.4 is 16.6 Å². The number of fused-ring (bicyclic) bond motifs is 1. The first-order chi connectivity index (χ1) is 17.0. The van der Waals surface area contributed by atoms with Gasteiger partial charge in [-0.15, -0.1) is 6.42 Å². The molecule has 0 spiro atoms. The van der Waals surface area contributed by atoms with E-state index < -0.39 is 6.04 Å². The first-order valence-electron chi connectivity index (χ1n) is 10.7. The number of benzene rings is 2. The van der Waals surface area contributed by atoms with Crippen molar-refractivity contribution in [3.63, 3.8) is 0 Å². The number of hydrogen-bond donors (Lipinski definition) is 2. The van der Waals surface area contributed by atoms with Crippen molar-refractivity contribution in [3.05, 3.63) is 82.5 Å². The second kappa shape index (κ2) is 8.72. The summed E-state index contributed by atoms with van der Waals surface area (Å²) in [6, 6.07) is 14.0. The molecule has 0 amide bonds. The van der Waals surface area contributed by atoms with Crippen LogP contribution in [0.25, 0.3) is 28.0 Å².